The van der Waals surface area contributed by atoms with Crippen molar-refractivity contribution in [2.24, 2.45) is 0 Å². The molecule has 2 N–H and O–H groups in total. The number of benzene rings is 1. The summed E-state index contributed by atoms with van der Waals surface area (Å²) < 4.78 is 13.1. The summed E-state index contributed by atoms with van der Waals surface area (Å²) in [6.07, 6.45) is -1.25. The van der Waals surface area contributed by atoms with E-state index in [0.717, 1.165) is 5.56 Å². The maximum absolute atomic E-state index is 13.1. The molecule has 0 saturated heterocycles. The van der Waals surface area contributed by atoms with Gasteiger partial charge in [-0.2, -0.15) is 0 Å². The lowest BCUT2D eigenvalue weighted by molar-refractivity contribution is -0.121. The Bertz CT molecular complexity index is 683. The third-order valence-electron chi connectivity index (χ3n) is 3.25. The smallest absolute Gasteiger partial charge is 0.253 e. The van der Waals surface area contributed by atoms with Crippen LogP contribution in [0.25, 0.3) is 11.3 Å². The highest BCUT2D eigenvalue weighted by Crippen LogP contribution is 2.23. The molecule has 0 bridgehead atoms. The number of aromatic nitrogens is 2. The van der Waals surface area contributed by atoms with Crippen LogP contribution in [-0.2, 0) is 4.79 Å². The van der Waals surface area contributed by atoms with Crippen LogP contribution in [0, 0.1) is 0 Å². The Morgan fingerprint density at radius 1 is 1.17 bits per heavy atom. The largest absolute Gasteiger partial charge is 0.386 e. The van der Waals surface area contributed by atoms with Crippen molar-refractivity contribution in [1.82, 2.24) is 15.5 Å². The normalized spacial score (nSPS) is 13.6. The molecule has 1 aromatic heterocycles. The third-order valence-corrected chi connectivity index (χ3v) is 3.85. The molecule has 2 aromatic rings. The molecule has 1 heterocycles. The van der Waals surface area contributed by atoms with E-state index in [-0.39, 0.29) is 5.15 Å². The van der Waals surface area contributed by atoms with E-state index in [1.54, 1.807) is 36.4 Å². The van der Waals surface area contributed by atoms with Gasteiger partial charge in [0, 0.05) is 5.56 Å². The minimum absolute atomic E-state index is 0.282. The van der Waals surface area contributed by atoms with Crippen LogP contribution in [0.5, 0.6) is 0 Å². The molecule has 1 amide bonds. The lowest BCUT2D eigenvalue weighted by Crippen LogP contribution is -2.43. The molecular formula is C15H13Cl3FN3O2. The van der Waals surface area contributed by atoms with E-state index in [0.29, 0.717) is 11.3 Å². The molecule has 1 aromatic carbocycles. The zero-order valence-electron chi connectivity index (χ0n) is 12.2. The second kappa shape index (κ2) is 8.58. The molecule has 0 aliphatic rings. The third kappa shape index (κ3) is 4.77. The number of alkyl halides is 3. The van der Waals surface area contributed by atoms with Crippen molar-refractivity contribution < 1.29 is 14.3 Å². The number of carbonyl (C=O) groups is 1. The van der Waals surface area contributed by atoms with Crippen molar-refractivity contribution in [3.05, 3.63) is 47.1 Å². The van der Waals surface area contributed by atoms with Gasteiger partial charge in [-0.15, -0.1) is 10.2 Å². The van der Waals surface area contributed by atoms with Gasteiger partial charge >= 0.3 is 0 Å². The van der Waals surface area contributed by atoms with Crippen LogP contribution < -0.4 is 5.32 Å². The van der Waals surface area contributed by atoms with E-state index in [1.807, 2.05) is 0 Å². The van der Waals surface area contributed by atoms with E-state index in [1.165, 1.54) is 0 Å². The molecule has 0 saturated carbocycles. The maximum Gasteiger partial charge on any atom is 0.253 e. The first kappa shape index (κ1) is 18.9. The number of hydrogen-bond donors (Lipinski definition) is 2. The molecule has 9 heteroatoms. The molecule has 2 unspecified atom stereocenters. The van der Waals surface area contributed by atoms with E-state index in [9.17, 15) is 14.3 Å². The average molecular weight is 393 g/mol. The summed E-state index contributed by atoms with van der Waals surface area (Å²) in [5, 5.41) is 20.4. The van der Waals surface area contributed by atoms with Gasteiger partial charge in [0.05, 0.1) is 11.7 Å². The Balaban J connectivity index is 2.13. The predicted octanol–water partition coefficient (Wildman–Crippen LogP) is 3.09. The quantitative estimate of drug-likeness (QED) is 0.741. The number of nitrogens with one attached hydrogen (secondary N) is 1. The second-order valence-corrected chi connectivity index (χ2v) is 6.36. The number of aliphatic hydroxyl groups is 1. The van der Waals surface area contributed by atoms with Crippen LogP contribution in [0.2, 0.25) is 5.15 Å². The second-order valence-electron chi connectivity index (χ2n) is 4.88. The molecule has 2 rings (SSSR count). The molecule has 0 aliphatic heterocycles. The highest BCUT2D eigenvalue weighted by molar-refractivity contribution is 6.53. The summed E-state index contributed by atoms with van der Waals surface area (Å²) in [4.78, 5) is 10.1. The highest BCUT2D eigenvalue weighted by Gasteiger charge is 2.25. The summed E-state index contributed by atoms with van der Waals surface area (Å²) >= 11 is 16.5. The summed E-state index contributed by atoms with van der Waals surface area (Å²) in [6, 6.07) is 8.74. The first-order valence-electron chi connectivity index (χ1n) is 6.84. The van der Waals surface area contributed by atoms with Crippen LogP contribution in [0.4, 0.5) is 4.39 Å². The van der Waals surface area contributed by atoms with Gasteiger partial charge in [-0.1, -0.05) is 59.1 Å². The van der Waals surface area contributed by atoms with Crippen molar-refractivity contribution >= 4 is 40.7 Å². The van der Waals surface area contributed by atoms with Gasteiger partial charge in [-0.3, -0.25) is 4.79 Å². The zero-order valence-corrected chi connectivity index (χ0v) is 14.4. The van der Waals surface area contributed by atoms with Crippen molar-refractivity contribution in [3.8, 4) is 11.3 Å². The Morgan fingerprint density at radius 2 is 1.83 bits per heavy atom. The van der Waals surface area contributed by atoms with Gasteiger partial charge in [-0.25, -0.2) is 4.39 Å². The van der Waals surface area contributed by atoms with Crippen molar-refractivity contribution in [1.29, 1.82) is 0 Å². The molecular weight excluding hydrogens is 380 g/mol. The Kier molecular flexibility index (Phi) is 6.74. The molecule has 0 spiro atoms. The molecule has 128 valence electrons. The van der Waals surface area contributed by atoms with Gasteiger partial charge in [0.2, 0.25) is 0 Å². The average Bonchev–Trinajstić information content (AvgIpc) is 2.59. The summed E-state index contributed by atoms with van der Waals surface area (Å²) in [6.45, 7) is -0.974. The SMILES string of the molecule is O=C(NC(CF)C(O)c1ccc(-c2ccc(Cl)nn2)cc1)C(Cl)Cl. The van der Waals surface area contributed by atoms with E-state index >= 15 is 0 Å². The highest BCUT2D eigenvalue weighted by atomic mass is 35.5. The molecule has 2 atom stereocenters. The van der Waals surface area contributed by atoms with E-state index in [2.05, 4.69) is 15.5 Å². The minimum Gasteiger partial charge on any atom is -0.386 e. The number of amides is 1. The summed E-state index contributed by atoms with van der Waals surface area (Å²) in [5.74, 6) is -0.770. The van der Waals surface area contributed by atoms with E-state index in [4.69, 9.17) is 34.8 Å². The molecule has 0 aliphatic carbocycles. The van der Waals surface area contributed by atoms with Crippen molar-refractivity contribution in [2.45, 2.75) is 17.0 Å². The molecule has 5 nitrogen and oxygen atoms in total. The predicted molar refractivity (Wildman–Crippen MR) is 90.8 cm³/mol. The van der Waals surface area contributed by atoms with Crippen LogP contribution in [0.3, 0.4) is 0 Å². The van der Waals surface area contributed by atoms with Gasteiger partial charge in [0.15, 0.2) is 9.99 Å². The van der Waals surface area contributed by atoms with Gasteiger partial charge < -0.3 is 10.4 Å². The fraction of sp³-hybridized carbons (Fsp3) is 0.267. The topological polar surface area (TPSA) is 75.1 Å². The fourth-order valence-electron chi connectivity index (χ4n) is 2.00. The first-order chi connectivity index (χ1) is 11.4. The van der Waals surface area contributed by atoms with Gasteiger partial charge in [0.1, 0.15) is 12.8 Å². The fourth-order valence-corrected chi connectivity index (χ4v) is 2.23. The summed E-state index contributed by atoms with van der Waals surface area (Å²) in [5.41, 5.74) is 1.77. The lowest BCUT2D eigenvalue weighted by Gasteiger charge is -2.22. The first-order valence-corrected chi connectivity index (χ1v) is 8.09. The number of hydrogen-bond acceptors (Lipinski definition) is 4. The molecule has 0 fully saturated rings. The zero-order chi connectivity index (χ0) is 17.7. The van der Waals surface area contributed by atoms with Crippen LogP contribution in [0.1, 0.15) is 11.7 Å². The van der Waals surface area contributed by atoms with Crippen LogP contribution >= 0.6 is 34.8 Å². The molecule has 24 heavy (non-hydrogen) atoms. The number of halogens is 4. The Labute approximate surface area is 152 Å². The Morgan fingerprint density at radius 3 is 2.33 bits per heavy atom. The van der Waals surface area contributed by atoms with Crippen molar-refractivity contribution in [3.63, 3.8) is 0 Å². The van der Waals surface area contributed by atoms with Gasteiger partial charge in [0.25, 0.3) is 5.91 Å². The standard InChI is InChI=1S/C15H13Cl3FN3O2/c16-12-6-5-10(21-22-12)8-1-3-9(4-2-8)13(23)11(7-19)20-15(24)14(17)18/h1-6,11,13-14,23H,7H2,(H,20,24). The maximum atomic E-state index is 13.1. The number of aliphatic hydroxyl groups excluding tert-OH is 1. The van der Waals surface area contributed by atoms with Crippen LogP contribution in [-0.4, -0.2) is 38.8 Å². The number of rotatable bonds is 6. The van der Waals surface area contributed by atoms with E-state index < -0.39 is 29.6 Å². The summed E-state index contributed by atoms with van der Waals surface area (Å²) in [7, 11) is 0. The lowest BCUT2D eigenvalue weighted by atomic mass is 10.0. The van der Waals surface area contributed by atoms with Crippen LogP contribution in [0.15, 0.2) is 36.4 Å². The number of carbonyl (C=O) groups excluding carboxylic acids is 1. The minimum atomic E-state index is -1.34. The number of nitrogens with zero attached hydrogens (tertiary/aromatic N) is 2. The Hall–Kier alpha value is -1.47. The monoisotopic (exact) mass is 391 g/mol. The van der Waals surface area contributed by atoms with Crippen molar-refractivity contribution in [2.75, 3.05) is 6.67 Å². The van der Waals surface area contributed by atoms with Gasteiger partial charge in [-0.05, 0) is 17.7 Å². The molecule has 0 radical (unpaired) electrons.